The fourth-order valence-corrected chi connectivity index (χ4v) is 4.13. The van der Waals surface area contributed by atoms with Crippen molar-refractivity contribution in [2.75, 3.05) is 18.4 Å². The van der Waals surface area contributed by atoms with Crippen molar-refractivity contribution in [1.82, 2.24) is 14.7 Å². The van der Waals surface area contributed by atoms with Crippen molar-refractivity contribution >= 4 is 23.2 Å². The van der Waals surface area contributed by atoms with E-state index in [2.05, 4.69) is 15.3 Å². The minimum Gasteiger partial charge on any atom is -0.326 e. The topological polar surface area (TPSA) is 50.2 Å². The van der Waals surface area contributed by atoms with E-state index in [0.29, 0.717) is 5.15 Å². The van der Waals surface area contributed by atoms with Crippen LogP contribution in [0.5, 0.6) is 0 Å². The summed E-state index contributed by atoms with van der Waals surface area (Å²) in [5.41, 5.74) is 3.82. The number of nitrogens with zero attached hydrogens (tertiary/aromatic N) is 3. The maximum Gasteiger partial charge on any atom is 0.227 e. The highest BCUT2D eigenvalue weighted by Gasteiger charge is 2.26. The zero-order valence-corrected chi connectivity index (χ0v) is 17.3. The lowest BCUT2D eigenvalue weighted by molar-refractivity contribution is -0.121. The fourth-order valence-electron chi connectivity index (χ4n) is 3.79. The van der Waals surface area contributed by atoms with Crippen LogP contribution in [-0.4, -0.2) is 33.7 Å². The Morgan fingerprint density at radius 3 is 2.34 bits per heavy atom. The van der Waals surface area contributed by atoms with Crippen LogP contribution in [-0.2, 0) is 11.3 Å². The van der Waals surface area contributed by atoms with Gasteiger partial charge in [0.25, 0.3) is 0 Å². The number of carbonyl (C=O) groups is 1. The van der Waals surface area contributed by atoms with Crippen LogP contribution in [0.25, 0.3) is 5.69 Å². The van der Waals surface area contributed by atoms with E-state index in [1.165, 1.54) is 0 Å². The first kappa shape index (κ1) is 19.7. The van der Waals surface area contributed by atoms with Crippen LogP contribution in [0.15, 0.2) is 60.7 Å². The second-order valence-electron chi connectivity index (χ2n) is 7.51. The van der Waals surface area contributed by atoms with Crippen molar-refractivity contribution in [2.45, 2.75) is 26.3 Å². The molecule has 0 spiro atoms. The van der Waals surface area contributed by atoms with Crippen LogP contribution in [0.1, 0.15) is 24.1 Å². The average molecular weight is 409 g/mol. The molecule has 0 bridgehead atoms. The summed E-state index contributed by atoms with van der Waals surface area (Å²) >= 11 is 6.66. The molecule has 0 radical (unpaired) electrons. The van der Waals surface area contributed by atoms with Gasteiger partial charge in [0, 0.05) is 23.7 Å². The number of nitrogens with one attached hydrogen (secondary N) is 1. The number of likely N-dealkylation sites (tertiary alicyclic amines) is 1. The Morgan fingerprint density at radius 2 is 1.69 bits per heavy atom. The van der Waals surface area contributed by atoms with Gasteiger partial charge in [-0.3, -0.25) is 9.69 Å². The number of aryl methyl sites for hydroxylation is 1. The minimum atomic E-state index is 0.0510. The van der Waals surface area contributed by atoms with E-state index in [1.807, 2.05) is 67.6 Å². The smallest absolute Gasteiger partial charge is 0.227 e. The molecule has 2 heterocycles. The highest BCUT2D eigenvalue weighted by molar-refractivity contribution is 6.30. The molecule has 2 aromatic carbocycles. The Balaban J connectivity index is 1.36. The molecule has 5 nitrogen and oxygen atoms in total. The predicted molar refractivity (Wildman–Crippen MR) is 116 cm³/mol. The Kier molecular flexibility index (Phi) is 5.97. The van der Waals surface area contributed by atoms with Gasteiger partial charge in [-0.1, -0.05) is 48.0 Å². The van der Waals surface area contributed by atoms with E-state index < -0.39 is 0 Å². The summed E-state index contributed by atoms with van der Waals surface area (Å²) in [6.07, 6.45) is 1.70. The first-order chi connectivity index (χ1) is 14.1. The highest BCUT2D eigenvalue weighted by Crippen LogP contribution is 2.27. The third-order valence-corrected chi connectivity index (χ3v) is 5.89. The van der Waals surface area contributed by atoms with Gasteiger partial charge >= 0.3 is 0 Å². The molecule has 0 aliphatic carbocycles. The number of carbonyl (C=O) groups excluding carboxylic acids is 1. The SMILES string of the molecule is Cc1nn(-c2ccccc2)c(Cl)c1CN1CCC(C(=O)Nc2ccccc2)CC1. The van der Waals surface area contributed by atoms with E-state index in [-0.39, 0.29) is 11.8 Å². The maximum absolute atomic E-state index is 12.5. The standard InChI is InChI=1S/C23H25ClN4O/c1-17-21(22(24)28(26-17)20-10-6-3-7-11-20)16-27-14-12-18(13-15-27)23(29)25-19-8-4-2-5-9-19/h2-11,18H,12-16H2,1H3,(H,25,29). The molecule has 4 rings (SSSR count). The van der Waals surface area contributed by atoms with Crippen molar-refractivity contribution in [2.24, 2.45) is 5.92 Å². The lowest BCUT2D eigenvalue weighted by Crippen LogP contribution is -2.37. The normalized spacial score (nSPS) is 15.4. The molecule has 6 heteroatoms. The van der Waals surface area contributed by atoms with Gasteiger partial charge < -0.3 is 5.32 Å². The van der Waals surface area contributed by atoms with Gasteiger partial charge in [-0.25, -0.2) is 4.68 Å². The van der Waals surface area contributed by atoms with E-state index in [1.54, 1.807) is 4.68 Å². The van der Waals surface area contributed by atoms with Crippen molar-refractivity contribution in [3.05, 3.63) is 77.1 Å². The van der Waals surface area contributed by atoms with Crippen molar-refractivity contribution in [3.63, 3.8) is 0 Å². The Bertz CT molecular complexity index is 963. The second-order valence-corrected chi connectivity index (χ2v) is 7.87. The third-order valence-electron chi connectivity index (χ3n) is 5.50. The lowest BCUT2D eigenvalue weighted by atomic mass is 9.95. The molecule has 1 N–H and O–H groups in total. The van der Waals surface area contributed by atoms with E-state index in [0.717, 1.165) is 55.1 Å². The molecule has 0 unspecified atom stereocenters. The zero-order valence-electron chi connectivity index (χ0n) is 16.5. The molecular formula is C23H25ClN4O. The first-order valence-electron chi connectivity index (χ1n) is 9.99. The van der Waals surface area contributed by atoms with Gasteiger partial charge in [0.2, 0.25) is 5.91 Å². The van der Waals surface area contributed by atoms with Crippen LogP contribution in [0.3, 0.4) is 0 Å². The summed E-state index contributed by atoms with van der Waals surface area (Å²) in [6.45, 7) is 4.50. The molecule has 1 aromatic heterocycles. The van der Waals surface area contributed by atoms with Crippen molar-refractivity contribution in [3.8, 4) is 5.69 Å². The number of piperidine rings is 1. The number of halogens is 1. The molecule has 1 amide bonds. The highest BCUT2D eigenvalue weighted by atomic mass is 35.5. The number of hydrogen-bond donors (Lipinski definition) is 1. The maximum atomic E-state index is 12.5. The van der Waals surface area contributed by atoms with Crippen LogP contribution in [0.4, 0.5) is 5.69 Å². The van der Waals surface area contributed by atoms with Crippen LogP contribution in [0.2, 0.25) is 5.15 Å². The molecule has 0 atom stereocenters. The van der Waals surface area contributed by atoms with Crippen LogP contribution >= 0.6 is 11.6 Å². The number of anilines is 1. The summed E-state index contributed by atoms with van der Waals surface area (Å²) in [6, 6.07) is 19.6. The van der Waals surface area contributed by atoms with Crippen LogP contribution in [0, 0.1) is 12.8 Å². The third kappa shape index (κ3) is 4.52. The number of aromatic nitrogens is 2. The average Bonchev–Trinajstić information content (AvgIpc) is 3.04. The number of rotatable bonds is 5. The van der Waals surface area contributed by atoms with E-state index in [4.69, 9.17) is 11.6 Å². The van der Waals surface area contributed by atoms with E-state index >= 15 is 0 Å². The quantitative estimate of drug-likeness (QED) is 0.666. The number of benzene rings is 2. The van der Waals surface area contributed by atoms with Gasteiger partial charge in [-0.2, -0.15) is 5.10 Å². The summed E-state index contributed by atoms with van der Waals surface area (Å²) in [7, 11) is 0. The summed E-state index contributed by atoms with van der Waals surface area (Å²) in [5, 5.41) is 8.32. The Morgan fingerprint density at radius 1 is 1.07 bits per heavy atom. The molecule has 1 fully saturated rings. The predicted octanol–water partition coefficient (Wildman–Crippen LogP) is 4.68. The van der Waals surface area contributed by atoms with Gasteiger partial charge in [-0.15, -0.1) is 0 Å². The van der Waals surface area contributed by atoms with Crippen molar-refractivity contribution < 1.29 is 4.79 Å². The Hall–Kier alpha value is -2.63. The molecule has 29 heavy (non-hydrogen) atoms. The Labute approximate surface area is 176 Å². The molecule has 0 saturated carbocycles. The molecule has 3 aromatic rings. The molecule has 1 aliphatic rings. The fraction of sp³-hybridized carbons (Fsp3) is 0.304. The number of para-hydroxylation sites is 2. The summed E-state index contributed by atoms with van der Waals surface area (Å²) < 4.78 is 1.80. The van der Waals surface area contributed by atoms with Gasteiger partial charge in [0.1, 0.15) is 5.15 Å². The van der Waals surface area contributed by atoms with E-state index in [9.17, 15) is 4.79 Å². The molecule has 150 valence electrons. The second kappa shape index (κ2) is 8.80. The molecule has 1 saturated heterocycles. The minimum absolute atomic E-state index is 0.0510. The number of hydrogen-bond acceptors (Lipinski definition) is 3. The number of amides is 1. The van der Waals surface area contributed by atoms with Gasteiger partial charge in [-0.05, 0) is 57.1 Å². The summed E-state index contributed by atoms with van der Waals surface area (Å²) in [5.74, 6) is 0.164. The molecule has 1 aliphatic heterocycles. The van der Waals surface area contributed by atoms with Gasteiger partial charge in [0.15, 0.2) is 0 Å². The monoisotopic (exact) mass is 408 g/mol. The van der Waals surface area contributed by atoms with Gasteiger partial charge in [0.05, 0.1) is 11.4 Å². The molecular weight excluding hydrogens is 384 g/mol. The van der Waals surface area contributed by atoms with Crippen molar-refractivity contribution in [1.29, 1.82) is 0 Å². The lowest BCUT2D eigenvalue weighted by Gasteiger charge is -2.31. The zero-order chi connectivity index (χ0) is 20.2. The first-order valence-corrected chi connectivity index (χ1v) is 10.4. The summed E-state index contributed by atoms with van der Waals surface area (Å²) in [4.78, 5) is 14.9. The largest absolute Gasteiger partial charge is 0.326 e. The van der Waals surface area contributed by atoms with Crippen LogP contribution < -0.4 is 5.32 Å².